The van der Waals surface area contributed by atoms with E-state index in [2.05, 4.69) is 21.9 Å². The number of ether oxygens (including phenoxy) is 1. The van der Waals surface area contributed by atoms with Crippen molar-refractivity contribution in [3.8, 4) is 5.75 Å². The van der Waals surface area contributed by atoms with Crippen molar-refractivity contribution in [1.82, 2.24) is 4.90 Å². The summed E-state index contributed by atoms with van der Waals surface area (Å²) in [7, 11) is 1.68. The number of carbonyl (C=O) groups excluding carboxylic acids is 2. The summed E-state index contributed by atoms with van der Waals surface area (Å²) >= 11 is 0. The molecule has 1 saturated heterocycles. The lowest BCUT2D eigenvalue weighted by Crippen LogP contribution is -2.48. The number of amides is 1. The summed E-state index contributed by atoms with van der Waals surface area (Å²) in [6.45, 7) is 8.53. The van der Waals surface area contributed by atoms with Gasteiger partial charge in [0.2, 0.25) is 5.91 Å². The summed E-state index contributed by atoms with van der Waals surface area (Å²) in [5.41, 5.74) is 3.99. The monoisotopic (exact) mass is 435 g/mol. The second kappa shape index (κ2) is 9.74. The minimum absolute atomic E-state index is 0.0297. The summed E-state index contributed by atoms with van der Waals surface area (Å²) in [4.78, 5) is 32.0. The molecule has 2 aromatic carbocycles. The molecule has 6 heteroatoms. The summed E-state index contributed by atoms with van der Waals surface area (Å²) in [5, 5.41) is 0. The lowest BCUT2D eigenvalue weighted by molar-refractivity contribution is -0.121. The molecule has 0 bridgehead atoms. The number of hydrogen-bond donors (Lipinski definition) is 0. The van der Waals surface area contributed by atoms with Gasteiger partial charge in [-0.05, 0) is 48.7 Å². The first-order valence-electron chi connectivity index (χ1n) is 11.5. The fourth-order valence-electron chi connectivity index (χ4n) is 4.58. The Kier molecular flexibility index (Phi) is 6.80. The SMILES string of the molecule is COc1cccc(N2CCN(CC(=O)c3ccc4c(c3)CCCN4C(=O)C(C)C)CC2)c1. The number of rotatable bonds is 6. The highest BCUT2D eigenvalue weighted by Crippen LogP contribution is 2.29. The van der Waals surface area contributed by atoms with E-state index in [1.807, 2.05) is 49.1 Å². The van der Waals surface area contributed by atoms with Crippen LogP contribution in [0.5, 0.6) is 5.75 Å². The van der Waals surface area contributed by atoms with E-state index in [0.29, 0.717) is 6.54 Å². The first-order valence-corrected chi connectivity index (χ1v) is 11.5. The number of fused-ring (bicyclic) bond motifs is 1. The van der Waals surface area contributed by atoms with E-state index in [1.165, 1.54) is 0 Å². The van der Waals surface area contributed by atoms with Gasteiger partial charge in [-0.2, -0.15) is 0 Å². The third-order valence-corrected chi connectivity index (χ3v) is 6.44. The Morgan fingerprint density at radius 3 is 2.50 bits per heavy atom. The van der Waals surface area contributed by atoms with Gasteiger partial charge in [0.1, 0.15) is 5.75 Å². The summed E-state index contributed by atoms with van der Waals surface area (Å²) in [5.74, 6) is 1.13. The first kappa shape index (κ1) is 22.3. The highest BCUT2D eigenvalue weighted by atomic mass is 16.5. The maximum atomic E-state index is 13.0. The van der Waals surface area contributed by atoms with Crippen LogP contribution in [0.4, 0.5) is 11.4 Å². The van der Waals surface area contributed by atoms with Crippen LogP contribution in [0.3, 0.4) is 0 Å². The fourth-order valence-corrected chi connectivity index (χ4v) is 4.58. The Balaban J connectivity index is 1.37. The number of piperazine rings is 1. The molecule has 0 N–H and O–H groups in total. The minimum Gasteiger partial charge on any atom is -0.497 e. The lowest BCUT2D eigenvalue weighted by atomic mass is 9.96. The Labute approximate surface area is 190 Å². The van der Waals surface area contributed by atoms with Crippen LogP contribution in [0, 0.1) is 5.92 Å². The van der Waals surface area contributed by atoms with Crippen molar-refractivity contribution >= 4 is 23.1 Å². The average Bonchev–Trinajstić information content (AvgIpc) is 2.83. The molecule has 2 aliphatic rings. The summed E-state index contributed by atoms with van der Waals surface area (Å²) in [6, 6.07) is 14.0. The number of aryl methyl sites for hydroxylation is 1. The number of nitrogens with zero attached hydrogens (tertiary/aromatic N) is 3. The van der Waals surface area contributed by atoms with Gasteiger partial charge in [-0.15, -0.1) is 0 Å². The van der Waals surface area contributed by atoms with Crippen LogP contribution < -0.4 is 14.5 Å². The van der Waals surface area contributed by atoms with Gasteiger partial charge in [-0.3, -0.25) is 14.5 Å². The van der Waals surface area contributed by atoms with Crippen molar-refractivity contribution in [1.29, 1.82) is 0 Å². The van der Waals surface area contributed by atoms with Crippen molar-refractivity contribution in [2.75, 3.05) is 56.2 Å². The minimum atomic E-state index is -0.0297. The molecule has 170 valence electrons. The second-order valence-corrected chi connectivity index (χ2v) is 8.98. The molecule has 2 aliphatic heterocycles. The molecule has 32 heavy (non-hydrogen) atoms. The van der Waals surface area contributed by atoms with Crippen LogP contribution in [0.25, 0.3) is 0 Å². The van der Waals surface area contributed by atoms with Crippen LogP contribution >= 0.6 is 0 Å². The van der Waals surface area contributed by atoms with Gasteiger partial charge in [0.25, 0.3) is 0 Å². The summed E-state index contributed by atoms with van der Waals surface area (Å²) in [6.07, 6.45) is 1.85. The largest absolute Gasteiger partial charge is 0.497 e. The van der Waals surface area contributed by atoms with Crippen LogP contribution in [0.2, 0.25) is 0 Å². The molecule has 0 radical (unpaired) electrons. The highest BCUT2D eigenvalue weighted by molar-refractivity contribution is 6.00. The predicted octanol–water partition coefficient (Wildman–Crippen LogP) is 3.64. The van der Waals surface area contributed by atoms with Gasteiger partial charge < -0.3 is 14.5 Å². The van der Waals surface area contributed by atoms with Gasteiger partial charge in [0.05, 0.1) is 13.7 Å². The smallest absolute Gasteiger partial charge is 0.229 e. The van der Waals surface area contributed by atoms with Crippen molar-refractivity contribution in [2.24, 2.45) is 5.92 Å². The molecule has 2 aromatic rings. The molecule has 1 fully saturated rings. The number of anilines is 2. The first-order chi connectivity index (χ1) is 15.5. The zero-order valence-electron chi connectivity index (χ0n) is 19.3. The van der Waals surface area contributed by atoms with Gasteiger partial charge >= 0.3 is 0 Å². The van der Waals surface area contributed by atoms with Crippen molar-refractivity contribution < 1.29 is 14.3 Å². The molecular formula is C26H33N3O3. The number of benzene rings is 2. The van der Waals surface area contributed by atoms with E-state index < -0.39 is 0 Å². The third kappa shape index (κ3) is 4.80. The lowest BCUT2D eigenvalue weighted by Gasteiger charge is -2.36. The third-order valence-electron chi connectivity index (χ3n) is 6.44. The molecule has 4 rings (SSSR count). The molecular weight excluding hydrogens is 402 g/mol. The maximum Gasteiger partial charge on any atom is 0.229 e. The molecule has 0 saturated carbocycles. The number of hydrogen-bond acceptors (Lipinski definition) is 5. The Morgan fingerprint density at radius 2 is 1.78 bits per heavy atom. The van der Waals surface area contributed by atoms with Crippen LogP contribution in [0.15, 0.2) is 42.5 Å². The van der Waals surface area contributed by atoms with Gasteiger partial charge in [-0.25, -0.2) is 0 Å². The molecule has 6 nitrogen and oxygen atoms in total. The van der Waals surface area contributed by atoms with Crippen LogP contribution in [-0.4, -0.2) is 63.0 Å². The highest BCUT2D eigenvalue weighted by Gasteiger charge is 2.26. The Hall–Kier alpha value is -2.86. The van der Waals surface area contributed by atoms with E-state index in [9.17, 15) is 9.59 Å². The van der Waals surface area contributed by atoms with E-state index in [1.54, 1.807) is 7.11 Å². The Morgan fingerprint density at radius 1 is 1.00 bits per heavy atom. The fraction of sp³-hybridized carbons (Fsp3) is 0.462. The zero-order chi connectivity index (χ0) is 22.7. The van der Waals surface area contributed by atoms with Crippen molar-refractivity contribution in [3.63, 3.8) is 0 Å². The zero-order valence-corrected chi connectivity index (χ0v) is 19.3. The summed E-state index contributed by atoms with van der Waals surface area (Å²) < 4.78 is 5.34. The molecule has 0 atom stereocenters. The maximum absolute atomic E-state index is 13.0. The van der Waals surface area contributed by atoms with Crippen LogP contribution in [-0.2, 0) is 11.2 Å². The van der Waals surface area contributed by atoms with Crippen molar-refractivity contribution in [2.45, 2.75) is 26.7 Å². The van der Waals surface area contributed by atoms with Crippen LogP contribution in [0.1, 0.15) is 36.2 Å². The van der Waals surface area contributed by atoms with E-state index in [-0.39, 0.29) is 17.6 Å². The van der Waals surface area contributed by atoms with Crippen molar-refractivity contribution in [3.05, 3.63) is 53.6 Å². The molecule has 0 spiro atoms. The van der Waals surface area contributed by atoms with E-state index in [4.69, 9.17) is 4.74 Å². The Bertz CT molecular complexity index is 980. The molecule has 2 heterocycles. The second-order valence-electron chi connectivity index (χ2n) is 8.98. The van der Waals surface area contributed by atoms with Gasteiger partial charge in [-0.1, -0.05) is 19.9 Å². The molecule has 1 amide bonds. The molecule has 0 aromatic heterocycles. The number of Topliss-reactive ketones (excluding diaryl/α,β-unsaturated/α-hetero) is 1. The number of ketones is 1. The number of methoxy groups -OCH3 is 1. The van der Waals surface area contributed by atoms with Gasteiger partial charge in [0.15, 0.2) is 5.78 Å². The normalized spacial score (nSPS) is 16.8. The average molecular weight is 436 g/mol. The molecule has 0 unspecified atom stereocenters. The standard InChI is InChI=1S/C26H33N3O3/c1-19(2)26(31)29-11-5-6-20-16-21(9-10-24(20)29)25(30)18-27-12-14-28(15-13-27)22-7-4-8-23(17-22)32-3/h4,7-10,16-17,19H,5-6,11-15,18H2,1-3H3. The topological polar surface area (TPSA) is 53.1 Å². The quantitative estimate of drug-likeness (QED) is 0.649. The predicted molar refractivity (Wildman–Crippen MR) is 128 cm³/mol. The van der Waals surface area contributed by atoms with E-state index >= 15 is 0 Å². The number of carbonyl (C=O) groups is 2. The van der Waals surface area contributed by atoms with Gasteiger partial charge in [0, 0.05) is 61.6 Å². The van der Waals surface area contributed by atoms with E-state index in [0.717, 1.165) is 73.8 Å². The molecule has 0 aliphatic carbocycles.